The van der Waals surface area contributed by atoms with Gasteiger partial charge in [-0.3, -0.25) is 9.69 Å². The van der Waals surface area contributed by atoms with Gasteiger partial charge >= 0.3 is 0 Å². The molecule has 2 aliphatic rings. The summed E-state index contributed by atoms with van der Waals surface area (Å²) in [5.74, 6) is 0.799. The highest BCUT2D eigenvalue weighted by molar-refractivity contribution is 5.82. The Labute approximate surface area is 122 Å². The van der Waals surface area contributed by atoms with Crippen molar-refractivity contribution in [2.45, 2.75) is 70.4 Å². The quantitative estimate of drug-likeness (QED) is 0.862. The summed E-state index contributed by atoms with van der Waals surface area (Å²) >= 11 is 0. The normalized spacial score (nSPS) is 25.6. The molecule has 1 unspecified atom stereocenters. The molecule has 0 aromatic carbocycles. The molecule has 0 bridgehead atoms. The summed E-state index contributed by atoms with van der Waals surface area (Å²) in [6.07, 6.45) is 7.21. The number of nitrogens with zero attached hydrogens (tertiary/aromatic N) is 2. The number of carbonyl (C=O) groups excluding carboxylic acids is 1. The second kappa shape index (κ2) is 6.58. The lowest BCUT2D eigenvalue weighted by atomic mass is 9.82. The van der Waals surface area contributed by atoms with Gasteiger partial charge in [-0.05, 0) is 51.6 Å². The van der Waals surface area contributed by atoms with Crippen molar-refractivity contribution in [3.8, 4) is 6.07 Å². The first kappa shape index (κ1) is 15.3. The van der Waals surface area contributed by atoms with Crippen molar-refractivity contribution in [2.75, 3.05) is 13.1 Å². The fraction of sp³-hybridized carbons (Fsp3) is 0.875. The number of carbonyl (C=O) groups is 1. The van der Waals surface area contributed by atoms with Gasteiger partial charge < -0.3 is 5.32 Å². The van der Waals surface area contributed by atoms with Crippen LogP contribution < -0.4 is 5.32 Å². The van der Waals surface area contributed by atoms with E-state index in [1.54, 1.807) is 0 Å². The Morgan fingerprint density at radius 1 is 1.30 bits per heavy atom. The maximum atomic E-state index is 12.5. The summed E-state index contributed by atoms with van der Waals surface area (Å²) in [5.41, 5.74) is -0.604. The average Bonchev–Trinajstić information content (AvgIpc) is 2.48. The van der Waals surface area contributed by atoms with E-state index in [1.807, 2.05) is 6.92 Å². The van der Waals surface area contributed by atoms with Crippen molar-refractivity contribution < 1.29 is 4.79 Å². The van der Waals surface area contributed by atoms with Crippen LogP contribution in [0.2, 0.25) is 0 Å². The Bertz CT molecular complexity index is 374. The minimum absolute atomic E-state index is 0.0306. The van der Waals surface area contributed by atoms with E-state index in [0.717, 1.165) is 44.7 Å². The number of nitrogens with one attached hydrogen (secondary N) is 1. The molecule has 112 valence electrons. The van der Waals surface area contributed by atoms with Crippen molar-refractivity contribution in [3.63, 3.8) is 0 Å². The van der Waals surface area contributed by atoms with Crippen LogP contribution in [0.3, 0.4) is 0 Å². The number of hydrogen-bond acceptors (Lipinski definition) is 3. The number of piperidine rings is 1. The van der Waals surface area contributed by atoms with Crippen molar-refractivity contribution >= 4 is 5.91 Å². The van der Waals surface area contributed by atoms with Crippen molar-refractivity contribution in [1.82, 2.24) is 10.2 Å². The second-order valence-corrected chi connectivity index (χ2v) is 6.64. The van der Waals surface area contributed by atoms with Crippen LogP contribution in [0.5, 0.6) is 0 Å². The molecule has 20 heavy (non-hydrogen) atoms. The maximum absolute atomic E-state index is 12.5. The summed E-state index contributed by atoms with van der Waals surface area (Å²) in [5, 5.41) is 12.5. The maximum Gasteiger partial charge on any atom is 0.238 e. The number of amides is 1. The standard InChI is InChI=1S/C16H27N3O/c1-13-6-10-19(11-7-13)14(2)15(20)18-16(12-17)8-4-3-5-9-16/h13-14H,3-11H2,1-2H3,(H,18,20). The Morgan fingerprint density at radius 2 is 1.90 bits per heavy atom. The van der Waals surface area contributed by atoms with Gasteiger partial charge in [-0.15, -0.1) is 0 Å². The molecule has 0 radical (unpaired) electrons. The Kier molecular flexibility index (Phi) is 5.04. The van der Waals surface area contributed by atoms with E-state index < -0.39 is 5.54 Å². The zero-order chi connectivity index (χ0) is 14.6. The van der Waals surface area contributed by atoms with Gasteiger partial charge in [0.25, 0.3) is 0 Å². The van der Waals surface area contributed by atoms with E-state index >= 15 is 0 Å². The van der Waals surface area contributed by atoms with Crippen LogP contribution in [-0.4, -0.2) is 35.5 Å². The van der Waals surface area contributed by atoms with Gasteiger partial charge in [0.1, 0.15) is 5.54 Å². The third kappa shape index (κ3) is 3.52. The molecule has 0 aromatic rings. The van der Waals surface area contributed by atoms with Crippen LogP contribution in [0.25, 0.3) is 0 Å². The predicted octanol–water partition coefficient (Wildman–Crippen LogP) is 2.45. The number of rotatable bonds is 3. The fourth-order valence-corrected chi connectivity index (χ4v) is 3.34. The smallest absolute Gasteiger partial charge is 0.238 e. The predicted molar refractivity (Wildman–Crippen MR) is 79.0 cm³/mol. The zero-order valence-corrected chi connectivity index (χ0v) is 12.8. The largest absolute Gasteiger partial charge is 0.336 e. The van der Waals surface area contributed by atoms with Crippen molar-refractivity contribution in [1.29, 1.82) is 5.26 Å². The molecule has 0 spiro atoms. The molecule has 0 aromatic heterocycles. The first-order valence-electron chi connectivity index (χ1n) is 8.04. The summed E-state index contributed by atoms with van der Waals surface area (Å²) in [6, 6.07) is 2.25. The van der Waals surface area contributed by atoms with Gasteiger partial charge in [-0.1, -0.05) is 26.2 Å². The van der Waals surface area contributed by atoms with Crippen molar-refractivity contribution in [3.05, 3.63) is 0 Å². The molecule has 1 amide bonds. The van der Waals surface area contributed by atoms with Gasteiger partial charge in [0.05, 0.1) is 12.1 Å². The molecule has 1 saturated carbocycles. The molecule has 2 rings (SSSR count). The third-order valence-electron chi connectivity index (χ3n) is 5.03. The van der Waals surface area contributed by atoms with Crippen LogP contribution in [0.1, 0.15) is 58.8 Å². The molecule has 1 aliphatic heterocycles. The lowest BCUT2D eigenvalue weighted by molar-refractivity contribution is -0.128. The van der Waals surface area contributed by atoms with Crippen LogP contribution in [0, 0.1) is 17.2 Å². The first-order chi connectivity index (χ1) is 9.56. The Balaban J connectivity index is 1.91. The molecule has 1 atom stereocenters. The molecule has 4 heteroatoms. The molecule has 1 aliphatic carbocycles. The molecule has 1 saturated heterocycles. The molecule has 2 fully saturated rings. The van der Waals surface area contributed by atoms with Gasteiger partial charge in [0.15, 0.2) is 0 Å². The van der Waals surface area contributed by atoms with E-state index in [1.165, 1.54) is 19.3 Å². The molecule has 4 nitrogen and oxygen atoms in total. The van der Waals surface area contributed by atoms with Crippen LogP contribution >= 0.6 is 0 Å². The third-order valence-corrected chi connectivity index (χ3v) is 5.03. The minimum Gasteiger partial charge on any atom is -0.336 e. The fourth-order valence-electron chi connectivity index (χ4n) is 3.34. The van der Waals surface area contributed by atoms with Gasteiger partial charge in [0.2, 0.25) is 5.91 Å². The summed E-state index contributed by atoms with van der Waals surface area (Å²) in [7, 11) is 0. The molecule has 1 N–H and O–H groups in total. The SMILES string of the molecule is CC1CCN(C(C)C(=O)NC2(C#N)CCCCC2)CC1. The second-order valence-electron chi connectivity index (χ2n) is 6.64. The van der Waals surface area contributed by atoms with E-state index in [2.05, 4.69) is 23.2 Å². The summed E-state index contributed by atoms with van der Waals surface area (Å²) in [4.78, 5) is 14.7. The average molecular weight is 277 g/mol. The van der Waals surface area contributed by atoms with Gasteiger partial charge in [-0.25, -0.2) is 0 Å². The minimum atomic E-state index is -0.604. The lowest BCUT2D eigenvalue weighted by Crippen LogP contribution is -2.55. The first-order valence-corrected chi connectivity index (χ1v) is 8.04. The number of nitriles is 1. The zero-order valence-electron chi connectivity index (χ0n) is 12.8. The molecule has 1 heterocycles. The number of likely N-dealkylation sites (tertiary alicyclic amines) is 1. The Morgan fingerprint density at radius 3 is 2.45 bits per heavy atom. The molecular formula is C16H27N3O. The monoisotopic (exact) mass is 277 g/mol. The van der Waals surface area contributed by atoms with Crippen LogP contribution in [0.4, 0.5) is 0 Å². The van der Waals surface area contributed by atoms with Gasteiger partial charge in [0, 0.05) is 0 Å². The highest BCUT2D eigenvalue weighted by Crippen LogP contribution is 2.28. The highest BCUT2D eigenvalue weighted by Gasteiger charge is 2.36. The van der Waals surface area contributed by atoms with E-state index in [9.17, 15) is 10.1 Å². The lowest BCUT2D eigenvalue weighted by Gasteiger charge is -2.37. The van der Waals surface area contributed by atoms with E-state index in [-0.39, 0.29) is 11.9 Å². The van der Waals surface area contributed by atoms with E-state index in [4.69, 9.17) is 0 Å². The topological polar surface area (TPSA) is 56.1 Å². The van der Waals surface area contributed by atoms with Crippen molar-refractivity contribution in [2.24, 2.45) is 5.92 Å². The van der Waals surface area contributed by atoms with Crippen LogP contribution in [0.15, 0.2) is 0 Å². The Hall–Kier alpha value is -1.08. The number of hydrogen-bond donors (Lipinski definition) is 1. The highest BCUT2D eigenvalue weighted by atomic mass is 16.2. The van der Waals surface area contributed by atoms with Crippen LogP contribution in [-0.2, 0) is 4.79 Å². The molecular weight excluding hydrogens is 250 g/mol. The summed E-state index contributed by atoms with van der Waals surface area (Å²) < 4.78 is 0. The van der Waals surface area contributed by atoms with Gasteiger partial charge in [-0.2, -0.15) is 5.26 Å². The van der Waals surface area contributed by atoms with E-state index in [0.29, 0.717) is 0 Å². The summed E-state index contributed by atoms with van der Waals surface area (Å²) in [6.45, 7) is 6.23.